The fourth-order valence-corrected chi connectivity index (χ4v) is 4.04. The minimum absolute atomic E-state index is 0.152. The Hall–Kier alpha value is -3.33. The lowest BCUT2D eigenvalue weighted by Crippen LogP contribution is -2.22. The van der Waals surface area contributed by atoms with Crippen LogP contribution in [0.25, 0.3) is 16.7 Å². The molecular weight excluding hydrogens is 400 g/mol. The average Bonchev–Trinajstić information content (AvgIpc) is 3.40. The monoisotopic (exact) mass is 420 g/mol. The summed E-state index contributed by atoms with van der Waals surface area (Å²) in [4.78, 5) is 34.2. The van der Waals surface area contributed by atoms with Crippen LogP contribution in [-0.2, 0) is 4.79 Å². The molecule has 0 saturated heterocycles. The van der Waals surface area contributed by atoms with Crippen LogP contribution in [-0.4, -0.2) is 35.9 Å². The van der Waals surface area contributed by atoms with Gasteiger partial charge in [0, 0.05) is 11.6 Å². The number of para-hydroxylation sites is 1. The smallest absolute Gasteiger partial charge is 0.323 e. The lowest BCUT2D eigenvalue weighted by molar-refractivity contribution is -0.115. The van der Waals surface area contributed by atoms with Crippen molar-refractivity contribution in [2.45, 2.75) is 36.1 Å². The molecule has 1 unspecified atom stereocenters. The van der Waals surface area contributed by atoms with E-state index in [4.69, 9.17) is 4.98 Å². The SMILES string of the molecule is CC(Sc1nc(C2CC2)n(-c2ccccc2)n1)C(=O)Nc1ccc2[nH]c(=O)[nH]c2c1. The zero-order valence-electron chi connectivity index (χ0n) is 16.3. The summed E-state index contributed by atoms with van der Waals surface area (Å²) < 4.78 is 1.89. The van der Waals surface area contributed by atoms with Crippen LogP contribution in [0.4, 0.5) is 5.69 Å². The molecule has 152 valence electrons. The van der Waals surface area contributed by atoms with Crippen molar-refractivity contribution < 1.29 is 4.79 Å². The van der Waals surface area contributed by atoms with E-state index in [0.717, 1.165) is 24.4 Å². The Morgan fingerprint density at radius 2 is 1.93 bits per heavy atom. The molecule has 9 heteroatoms. The Kier molecular flexibility index (Phi) is 4.66. The summed E-state index contributed by atoms with van der Waals surface area (Å²) in [6.07, 6.45) is 2.24. The van der Waals surface area contributed by atoms with Crippen molar-refractivity contribution in [1.82, 2.24) is 24.7 Å². The summed E-state index contributed by atoms with van der Waals surface area (Å²) in [7, 11) is 0. The number of hydrogen-bond acceptors (Lipinski definition) is 5. The van der Waals surface area contributed by atoms with Crippen LogP contribution < -0.4 is 11.0 Å². The number of aromatic nitrogens is 5. The molecule has 2 aromatic heterocycles. The van der Waals surface area contributed by atoms with Gasteiger partial charge in [-0.25, -0.2) is 14.5 Å². The molecule has 1 atom stereocenters. The number of nitrogens with zero attached hydrogens (tertiary/aromatic N) is 3. The number of H-pyrrole nitrogens is 2. The van der Waals surface area contributed by atoms with E-state index in [-0.39, 0.29) is 16.8 Å². The van der Waals surface area contributed by atoms with Crippen molar-refractivity contribution in [1.29, 1.82) is 0 Å². The maximum Gasteiger partial charge on any atom is 0.323 e. The van der Waals surface area contributed by atoms with E-state index < -0.39 is 0 Å². The molecule has 1 amide bonds. The minimum Gasteiger partial charge on any atom is -0.325 e. The van der Waals surface area contributed by atoms with Gasteiger partial charge < -0.3 is 15.3 Å². The molecule has 30 heavy (non-hydrogen) atoms. The van der Waals surface area contributed by atoms with Gasteiger partial charge in [0.2, 0.25) is 11.1 Å². The van der Waals surface area contributed by atoms with Crippen molar-refractivity contribution in [3.05, 3.63) is 64.8 Å². The number of nitrogens with one attached hydrogen (secondary N) is 3. The molecule has 2 heterocycles. The number of carbonyl (C=O) groups excluding carboxylic acids is 1. The van der Waals surface area contributed by atoms with E-state index >= 15 is 0 Å². The molecule has 1 fully saturated rings. The van der Waals surface area contributed by atoms with Crippen LogP contribution in [0.2, 0.25) is 0 Å². The van der Waals surface area contributed by atoms with Crippen LogP contribution in [0.5, 0.6) is 0 Å². The van der Waals surface area contributed by atoms with Crippen molar-refractivity contribution in [3.63, 3.8) is 0 Å². The number of carbonyl (C=O) groups is 1. The van der Waals surface area contributed by atoms with Gasteiger partial charge >= 0.3 is 5.69 Å². The number of benzene rings is 2. The number of imidazole rings is 1. The van der Waals surface area contributed by atoms with Crippen LogP contribution in [0.3, 0.4) is 0 Å². The molecule has 1 aliphatic carbocycles. The third-order valence-electron chi connectivity index (χ3n) is 4.99. The number of fused-ring (bicyclic) bond motifs is 1. The van der Waals surface area contributed by atoms with Crippen LogP contribution in [0, 0.1) is 0 Å². The van der Waals surface area contributed by atoms with Crippen LogP contribution in [0.15, 0.2) is 58.5 Å². The molecule has 1 saturated carbocycles. The third kappa shape index (κ3) is 3.76. The predicted octanol–water partition coefficient (Wildman–Crippen LogP) is 3.43. The maximum atomic E-state index is 12.7. The predicted molar refractivity (Wildman–Crippen MR) is 116 cm³/mol. The number of anilines is 1. The first kappa shape index (κ1) is 18.7. The second-order valence-corrected chi connectivity index (χ2v) is 8.67. The molecule has 5 rings (SSSR count). The number of aromatic amines is 2. The molecule has 0 spiro atoms. The van der Waals surface area contributed by atoms with E-state index in [0.29, 0.717) is 27.8 Å². The van der Waals surface area contributed by atoms with Crippen LogP contribution in [0.1, 0.15) is 31.5 Å². The molecule has 1 aliphatic rings. The lowest BCUT2D eigenvalue weighted by Gasteiger charge is -2.10. The Morgan fingerprint density at radius 1 is 1.17 bits per heavy atom. The van der Waals surface area contributed by atoms with E-state index in [9.17, 15) is 9.59 Å². The summed E-state index contributed by atoms with van der Waals surface area (Å²) in [5.41, 5.74) is 2.67. The van der Waals surface area contributed by atoms with Gasteiger partial charge in [0.15, 0.2) is 0 Å². The number of thioether (sulfide) groups is 1. The molecule has 8 nitrogen and oxygen atoms in total. The average molecular weight is 420 g/mol. The Morgan fingerprint density at radius 3 is 2.70 bits per heavy atom. The largest absolute Gasteiger partial charge is 0.325 e. The van der Waals surface area contributed by atoms with Gasteiger partial charge in [-0.2, -0.15) is 0 Å². The number of rotatable bonds is 6. The van der Waals surface area contributed by atoms with Gasteiger partial charge in [-0.1, -0.05) is 30.0 Å². The van der Waals surface area contributed by atoms with Gasteiger partial charge in [-0.15, -0.1) is 5.10 Å². The molecule has 0 aliphatic heterocycles. The zero-order valence-corrected chi connectivity index (χ0v) is 17.1. The summed E-state index contributed by atoms with van der Waals surface area (Å²) in [6.45, 7) is 1.83. The highest BCUT2D eigenvalue weighted by Crippen LogP contribution is 2.40. The van der Waals surface area contributed by atoms with Gasteiger partial charge in [0.1, 0.15) is 5.82 Å². The Labute approximate surface area is 176 Å². The Bertz CT molecular complexity index is 1270. The lowest BCUT2D eigenvalue weighted by atomic mass is 10.2. The first-order valence-corrected chi connectivity index (χ1v) is 10.7. The summed E-state index contributed by atoms with van der Waals surface area (Å²) in [5.74, 6) is 1.24. The normalized spacial score (nSPS) is 14.7. The quantitative estimate of drug-likeness (QED) is 0.414. The van der Waals surface area contributed by atoms with E-state index in [1.54, 1.807) is 18.2 Å². The van der Waals surface area contributed by atoms with Crippen molar-refractivity contribution in [2.24, 2.45) is 0 Å². The standard InChI is InChI=1S/C21H20N6O2S/c1-12(19(28)22-14-9-10-16-17(11-14)24-20(29)23-16)30-21-25-18(13-7-8-13)27(26-21)15-5-3-2-4-6-15/h2-6,9-13H,7-8H2,1H3,(H,22,28)(H2,23,24,29). The highest BCUT2D eigenvalue weighted by atomic mass is 32.2. The molecule has 3 N–H and O–H groups in total. The van der Waals surface area contributed by atoms with E-state index in [2.05, 4.69) is 20.4 Å². The summed E-state index contributed by atoms with van der Waals surface area (Å²) in [6, 6.07) is 15.2. The minimum atomic E-state index is -0.385. The third-order valence-corrected chi connectivity index (χ3v) is 5.94. The fourth-order valence-electron chi connectivity index (χ4n) is 3.29. The molecule has 2 aromatic carbocycles. The highest BCUT2D eigenvalue weighted by Gasteiger charge is 2.31. The van der Waals surface area contributed by atoms with Crippen molar-refractivity contribution in [3.8, 4) is 5.69 Å². The number of hydrogen-bond donors (Lipinski definition) is 3. The van der Waals surface area contributed by atoms with Gasteiger partial charge in [-0.05, 0) is 50.1 Å². The molecular formula is C21H20N6O2S. The second-order valence-electron chi connectivity index (χ2n) is 7.36. The van der Waals surface area contributed by atoms with Crippen molar-refractivity contribution >= 4 is 34.4 Å². The van der Waals surface area contributed by atoms with E-state index in [1.165, 1.54) is 11.8 Å². The molecule has 4 aromatic rings. The van der Waals surface area contributed by atoms with Gasteiger partial charge in [0.25, 0.3) is 0 Å². The van der Waals surface area contributed by atoms with Crippen LogP contribution >= 0.6 is 11.8 Å². The number of amides is 1. The van der Waals surface area contributed by atoms with Gasteiger partial charge in [-0.3, -0.25) is 4.79 Å². The molecule has 0 radical (unpaired) electrons. The summed E-state index contributed by atoms with van der Waals surface area (Å²) in [5, 5.41) is 7.76. The Balaban J connectivity index is 1.32. The topological polar surface area (TPSA) is 108 Å². The highest BCUT2D eigenvalue weighted by molar-refractivity contribution is 8.00. The van der Waals surface area contributed by atoms with Crippen molar-refractivity contribution in [2.75, 3.05) is 5.32 Å². The maximum absolute atomic E-state index is 12.7. The zero-order chi connectivity index (χ0) is 20.7. The fraction of sp³-hybridized carbons (Fsp3) is 0.238. The first-order valence-electron chi connectivity index (χ1n) is 9.79. The van der Waals surface area contributed by atoms with E-state index in [1.807, 2.05) is 41.9 Å². The van der Waals surface area contributed by atoms with Gasteiger partial charge in [0.05, 0.1) is 22.0 Å². The first-order chi connectivity index (χ1) is 14.6. The summed E-state index contributed by atoms with van der Waals surface area (Å²) >= 11 is 1.33. The second kappa shape index (κ2) is 7.49. The molecule has 0 bridgehead atoms.